The SMILES string of the molecule is CC(NC(=O)COC(=O)c1ccc2noc(-c3ccccc3)c2c1)C1CC2CCC1C2. The molecule has 2 aromatic carbocycles. The molecule has 2 aliphatic rings. The number of amides is 1. The summed E-state index contributed by atoms with van der Waals surface area (Å²) in [5.41, 5.74) is 1.90. The first kappa shape index (κ1) is 19.8. The van der Waals surface area contributed by atoms with Crippen molar-refractivity contribution in [3.8, 4) is 11.3 Å². The summed E-state index contributed by atoms with van der Waals surface area (Å²) in [6.07, 6.45) is 5.12. The Hall–Kier alpha value is -3.15. The lowest BCUT2D eigenvalue weighted by atomic mass is 9.84. The lowest BCUT2D eigenvalue weighted by Gasteiger charge is -2.28. The van der Waals surface area contributed by atoms with Crippen LogP contribution in [0.25, 0.3) is 22.2 Å². The van der Waals surface area contributed by atoms with Crippen LogP contribution in [0.1, 0.15) is 43.0 Å². The fraction of sp³-hybridized carbons (Fsp3) is 0.400. The zero-order valence-electron chi connectivity index (χ0n) is 17.5. The molecule has 2 aliphatic carbocycles. The Labute approximate surface area is 180 Å². The summed E-state index contributed by atoms with van der Waals surface area (Å²) in [5, 5.41) is 7.82. The van der Waals surface area contributed by atoms with Gasteiger partial charge in [-0.1, -0.05) is 41.9 Å². The summed E-state index contributed by atoms with van der Waals surface area (Å²) in [7, 11) is 0. The Morgan fingerprint density at radius 1 is 1.16 bits per heavy atom. The van der Waals surface area contributed by atoms with Crippen molar-refractivity contribution in [2.75, 3.05) is 6.61 Å². The molecule has 1 heterocycles. The minimum absolute atomic E-state index is 0.114. The molecule has 0 spiro atoms. The maximum atomic E-state index is 12.6. The topological polar surface area (TPSA) is 81.4 Å². The fourth-order valence-corrected chi connectivity index (χ4v) is 5.39. The van der Waals surface area contributed by atoms with Gasteiger partial charge in [0.1, 0.15) is 5.52 Å². The second-order valence-corrected chi connectivity index (χ2v) is 8.88. The third-order valence-electron chi connectivity index (χ3n) is 6.91. The molecule has 0 aliphatic heterocycles. The number of hydrogen-bond donors (Lipinski definition) is 1. The van der Waals surface area contributed by atoms with Crippen LogP contribution in [0.2, 0.25) is 0 Å². The highest BCUT2D eigenvalue weighted by Crippen LogP contribution is 2.49. The first-order valence-electron chi connectivity index (χ1n) is 11.0. The van der Waals surface area contributed by atoms with E-state index in [0.29, 0.717) is 22.8 Å². The van der Waals surface area contributed by atoms with Crippen molar-refractivity contribution < 1.29 is 18.8 Å². The second-order valence-electron chi connectivity index (χ2n) is 8.88. The quantitative estimate of drug-likeness (QED) is 0.592. The smallest absolute Gasteiger partial charge is 0.338 e. The second kappa shape index (κ2) is 8.17. The van der Waals surface area contributed by atoms with E-state index in [2.05, 4.69) is 17.4 Å². The number of nitrogens with one attached hydrogen (secondary N) is 1. The number of aromatic nitrogens is 1. The number of rotatable bonds is 6. The molecule has 4 unspecified atom stereocenters. The van der Waals surface area contributed by atoms with Gasteiger partial charge < -0.3 is 14.6 Å². The molecule has 5 rings (SSSR count). The van der Waals surface area contributed by atoms with Gasteiger partial charge >= 0.3 is 5.97 Å². The maximum absolute atomic E-state index is 12.6. The highest BCUT2D eigenvalue weighted by Gasteiger charge is 2.42. The number of ether oxygens (including phenoxy) is 1. The standard InChI is InChI=1S/C25H26N2O4/c1-15(20-12-16-7-8-18(20)11-16)26-23(28)14-30-25(29)19-9-10-22-21(13-19)24(31-27-22)17-5-3-2-4-6-17/h2-6,9-10,13,15-16,18,20H,7-8,11-12,14H2,1H3,(H,26,28). The zero-order valence-corrected chi connectivity index (χ0v) is 17.5. The Morgan fingerprint density at radius 2 is 2.00 bits per heavy atom. The molecule has 3 aromatic rings. The van der Waals surface area contributed by atoms with Gasteiger partial charge in [-0.3, -0.25) is 4.79 Å². The summed E-state index contributed by atoms with van der Waals surface area (Å²) in [6.45, 7) is 1.78. The van der Waals surface area contributed by atoms with Crippen LogP contribution in [-0.4, -0.2) is 29.7 Å². The highest BCUT2D eigenvalue weighted by molar-refractivity contribution is 5.99. The van der Waals surface area contributed by atoms with E-state index in [4.69, 9.17) is 9.26 Å². The van der Waals surface area contributed by atoms with Gasteiger partial charge in [0.05, 0.1) is 10.9 Å². The average molecular weight is 418 g/mol. The summed E-state index contributed by atoms with van der Waals surface area (Å²) >= 11 is 0. The van der Waals surface area contributed by atoms with Crippen molar-refractivity contribution in [3.05, 3.63) is 54.1 Å². The van der Waals surface area contributed by atoms with Crippen molar-refractivity contribution in [2.24, 2.45) is 17.8 Å². The predicted molar refractivity (Wildman–Crippen MR) is 116 cm³/mol. The van der Waals surface area contributed by atoms with Crippen LogP contribution in [0.5, 0.6) is 0 Å². The Kier molecular flexibility index (Phi) is 5.22. The van der Waals surface area contributed by atoms with Crippen LogP contribution in [0.3, 0.4) is 0 Å². The number of fused-ring (bicyclic) bond motifs is 3. The van der Waals surface area contributed by atoms with Gasteiger partial charge in [-0.2, -0.15) is 0 Å². The molecule has 0 saturated heterocycles. The summed E-state index contributed by atoms with van der Waals surface area (Å²) in [6, 6.07) is 14.8. The summed E-state index contributed by atoms with van der Waals surface area (Å²) in [5.74, 6) is 1.93. The average Bonchev–Trinajstić information content (AvgIpc) is 3.53. The lowest BCUT2D eigenvalue weighted by Crippen LogP contribution is -2.42. The normalized spacial score (nSPS) is 23.1. The highest BCUT2D eigenvalue weighted by atomic mass is 16.5. The maximum Gasteiger partial charge on any atom is 0.338 e. The van der Waals surface area contributed by atoms with E-state index < -0.39 is 5.97 Å². The van der Waals surface area contributed by atoms with Crippen LogP contribution in [0, 0.1) is 17.8 Å². The number of benzene rings is 2. The van der Waals surface area contributed by atoms with E-state index in [0.717, 1.165) is 22.8 Å². The van der Waals surface area contributed by atoms with Crippen LogP contribution < -0.4 is 5.32 Å². The molecular formula is C25H26N2O4. The summed E-state index contributed by atoms with van der Waals surface area (Å²) in [4.78, 5) is 24.9. The van der Waals surface area contributed by atoms with E-state index in [1.807, 2.05) is 30.3 Å². The predicted octanol–water partition coefficient (Wildman–Crippen LogP) is 4.59. The summed E-state index contributed by atoms with van der Waals surface area (Å²) < 4.78 is 10.8. The minimum atomic E-state index is -0.537. The zero-order chi connectivity index (χ0) is 21.4. The van der Waals surface area contributed by atoms with Crippen molar-refractivity contribution >= 4 is 22.8 Å². The number of nitrogens with zero attached hydrogens (tertiary/aromatic N) is 1. The van der Waals surface area contributed by atoms with E-state index in [1.165, 1.54) is 25.7 Å². The van der Waals surface area contributed by atoms with E-state index in [1.54, 1.807) is 18.2 Å². The Bertz CT molecular complexity index is 1110. The van der Waals surface area contributed by atoms with Gasteiger partial charge in [-0.25, -0.2) is 4.79 Å². The largest absolute Gasteiger partial charge is 0.452 e. The van der Waals surface area contributed by atoms with E-state index in [-0.39, 0.29) is 18.6 Å². The molecular weight excluding hydrogens is 392 g/mol. The molecule has 160 valence electrons. The van der Waals surface area contributed by atoms with Gasteiger partial charge in [-0.05, 0) is 62.1 Å². The van der Waals surface area contributed by atoms with Gasteiger partial charge in [0, 0.05) is 11.6 Å². The molecule has 2 fully saturated rings. The monoisotopic (exact) mass is 418 g/mol. The van der Waals surface area contributed by atoms with E-state index in [9.17, 15) is 9.59 Å². The third kappa shape index (κ3) is 3.94. The van der Waals surface area contributed by atoms with E-state index >= 15 is 0 Å². The molecule has 0 radical (unpaired) electrons. The van der Waals surface area contributed by atoms with Crippen molar-refractivity contribution in [3.63, 3.8) is 0 Å². The van der Waals surface area contributed by atoms with Crippen LogP contribution in [-0.2, 0) is 9.53 Å². The van der Waals surface area contributed by atoms with Crippen LogP contribution >= 0.6 is 0 Å². The molecule has 2 saturated carbocycles. The lowest BCUT2D eigenvalue weighted by molar-refractivity contribution is -0.125. The van der Waals surface area contributed by atoms with Crippen LogP contribution in [0.15, 0.2) is 53.1 Å². The molecule has 2 bridgehead atoms. The Morgan fingerprint density at radius 3 is 2.74 bits per heavy atom. The number of carbonyl (C=O) groups is 2. The van der Waals surface area contributed by atoms with Crippen molar-refractivity contribution in [1.82, 2.24) is 10.5 Å². The van der Waals surface area contributed by atoms with Gasteiger partial charge in [-0.15, -0.1) is 0 Å². The molecule has 1 aromatic heterocycles. The van der Waals surface area contributed by atoms with Gasteiger partial charge in [0.25, 0.3) is 5.91 Å². The number of esters is 1. The first-order valence-corrected chi connectivity index (χ1v) is 11.0. The number of carbonyl (C=O) groups excluding carboxylic acids is 2. The third-order valence-corrected chi connectivity index (χ3v) is 6.91. The first-order chi connectivity index (χ1) is 15.1. The van der Waals surface area contributed by atoms with Crippen molar-refractivity contribution in [2.45, 2.75) is 38.6 Å². The molecule has 4 atom stereocenters. The van der Waals surface area contributed by atoms with Crippen LogP contribution in [0.4, 0.5) is 0 Å². The van der Waals surface area contributed by atoms with Gasteiger partial charge in [0.15, 0.2) is 12.4 Å². The molecule has 1 amide bonds. The van der Waals surface area contributed by atoms with Crippen molar-refractivity contribution in [1.29, 1.82) is 0 Å². The molecule has 6 nitrogen and oxygen atoms in total. The Balaban J connectivity index is 1.21. The molecule has 31 heavy (non-hydrogen) atoms. The van der Waals surface area contributed by atoms with Gasteiger partial charge in [0.2, 0.25) is 0 Å². The molecule has 1 N–H and O–H groups in total. The number of hydrogen-bond acceptors (Lipinski definition) is 5. The fourth-order valence-electron chi connectivity index (χ4n) is 5.39. The minimum Gasteiger partial charge on any atom is -0.452 e. The molecule has 6 heteroatoms.